The van der Waals surface area contributed by atoms with Crippen molar-refractivity contribution in [3.8, 4) is 6.07 Å². The van der Waals surface area contributed by atoms with Crippen LogP contribution >= 0.6 is 12.6 Å². The summed E-state index contributed by atoms with van der Waals surface area (Å²) in [6, 6.07) is 6.70. The minimum atomic E-state index is -1.53. The molecule has 1 rings (SSSR count). The third-order valence-electron chi connectivity index (χ3n) is 2.16. The van der Waals surface area contributed by atoms with Gasteiger partial charge in [0.15, 0.2) is 6.10 Å². The number of carboxylic acid groups (broad SMARTS) is 1. The number of rotatable bonds is 4. The third kappa shape index (κ3) is 2.99. The van der Waals surface area contributed by atoms with Crippen LogP contribution in [-0.4, -0.2) is 16.2 Å². The van der Waals surface area contributed by atoms with Crippen LogP contribution in [0.2, 0.25) is 0 Å². The van der Waals surface area contributed by atoms with Crippen molar-refractivity contribution in [1.29, 1.82) is 5.26 Å². The van der Waals surface area contributed by atoms with Crippen LogP contribution < -0.4 is 0 Å². The van der Waals surface area contributed by atoms with Gasteiger partial charge in [-0.2, -0.15) is 5.26 Å². The van der Waals surface area contributed by atoms with Crippen molar-refractivity contribution >= 4 is 18.6 Å². The van der Waals surface area contributed by atoms with Gasteiger partial charge < -0.3 is 10.2 Å². The van der Waals surface area contributed by atoms with Crippen molar-refractivity contribution in [2.24, 2.45) is 0 Å². The lowest BCUT2D eigenvalue weighted by molar-refractivity contribution is -0.146. The molecule has 0 aromatic heterocycles. The Kier molecular flexibility index (Phi) is 4.35. The molecule has 1 aromatic carbocycles. The molecule has 1 atom stereocenters. The molecular weight excluding hydrogens is 226 g/mol. The largest absolute Gasteiger partial charge is 0.479 e. The van der Waals surface area contributed by atoms with Crippen LogP contribution in [0.3, 0.4) is 0 Å². The van der Waals surface area contributed by atoms with E-state index in [1.165, 1.54) is 6.07 Å². The average Bonchev–Trinajstić information content (AvgIpc) is 2.27. The monoisotopic (exact) mass is 237 g/mol. The van der Waals surface area contributed by atoms with Gasteiger partial charge in [0.1, 0.15) is 0 Å². The molecule has 1 aromatic rings. The predicted molar refractivity (Wildman–Crippen MR) is 60.2 cm³/mol. The zero-order chi connectivity index (χ0) is 12.1. The van der Waals surface area contributed by atoms with Gasteiger partial charge in [-0.05, 0) is 23.6 Å². The van der Waals surface area contributed by atoms with E-state index in [-0.39, 0.29) is 0 Å². The number of hydrogen-bond donors (Lipinski definition) is 3. The summed E-state index contributed by atoms with van der Waals surface area (Å²) >= 11 is 4.20. The van der Waals surface area contributed by atoms with Gasteiger partial charge in [0.05, 0.1) is 6.07 Å². The Morgan fingerprint density at radius 1 is 1.56 bits per heavy atom. The standard InChI is InChI=1S/C11H11NO3S/c12-5-1-2-7-6-8(3-4-9(7)16)10(13)11(14)15/h3-4,6,10,13,16H,1-2H2,(H,14,15). The number of nitriles is 1. The first-order valence-electron chi connectivity index (χ1n) is 4.66. The normalized spacial score (nSPS) is 11.8. The van der Waals surface area contributed by atoms with Gasteiger partial charge in [-0.25, -0.2) is 4.79 Å². The van der Waals surface area contributed by atoms with Crippen LogP contribution in [0.4, 0.5) is 0 Å². The van der Waals surface area contributed by atoms with E-state index in [0.717, 1.165) is 5.56 Å². The van der Waals surface area contributed by atoms with Crippen LogP contribution in [0.5, 0.6) is 0 Å². The Hall–Kier alpha value is -1.51. The maximum atomic E-state index is 10.6. The second kappa shape index (κ2) is 5.54. The quantitative estimate of drug-likeness (QED) is 0.694. The van der Waals surface area contributed by atoms with E-state index >= 15 is 0 Å². The summed E-state index contributed by atoms with van der Waals surface area (Å²) in [6.45, 7) is 0. The van der Waals surface area contributed by atoms with E-state index in [1.54, 1.807) is 12.1 Å². The first-order valence-corrected chi connectivity index (χ1v) is 5.10. The van der Waals surface area contributed by atoms with Gasteiger partial charge in [0, 0.05) is 11.3 Å². The van der Waals surface area contributed by atoms with Gasteiger partial charge >= 0.3 is 5.97 Å². The molecule has 16 heavy (non-hydrogen) atoms. The van der Waals surface area contributed by atoms with Gasteiger partial charge in [0.25, 0.3) is 0 Å². The van der Waals surface area contributed by atoms with E-state index < -0.39 is 12.1 Å². The number of carboxylic acids is 1. The molecular formula is C11H11NO3S. The average molecular weight is 237 g/mol. The zero-order valence-corrected chi connectivity index (χ0v) is 9.32. The predicted octanol–water partition coefficient (Wildman–Crippen LogP) is 1.55. The number of aliphatic carboxylic acids is 1. The molecule has 0 spiro atoms. The number of aliphatic hydroxyl groups excluding tert-OH is 1. The molecule has 0 bridgehead atoms. The second-order valence-electron chi connectivity index (χ2n) is 3.29. The molecule has 0 saturated carbocycles. The number of thiol groups is 1. The second-order valence-corrected chi connectivity index (χ2v) is 3.77. The summed E-state index contributed by atoms with van der Waals surface area (Å²) in [5.41, 5.74) is 1.07. The topological polar surface area (TPSA) is 81.3 Å². The molecule has 0 aliphatic rings. The fraction of sp³-hybridized carbons (Fsp3) is 0.273. The summed E-state index contributed by atoms with van der Waals surface area (Å²) in [5.74, 6) is -1.29. The fourth-order valence-corrected chi connectivity index (χ4v) is 1.56. The lowest BCUT2D eigenvalue weighted by atomic mass is 10.0. The van der Waals surface area contributed by atoms with Crippen molar-refractivity contribution in [2.45, 2.75) is 23.8 Å². The lowest BCUT2D eigenvalue weighted by Gasteiger charge is -2.09. The molecule has 0 fully saturated rings. The van der Waals surface area contributed by atoms with Crippen LogP contribution in [0.1, 0.15) is 23.7 Å². The summed E-state index contributed by atoms with van der Waals surface area (Å²) in [5, 5.41) is 26.5. The molecule has 0 aliphatic heterocycles. The maximum absolute atomic E-state index is 10.6. The van der Waals surface area contributed by atoms with E-state index in [9.17, 15) is 9.90 Å². The van der Waals surface area contributed by atoms with E-state index in [2.05, 4.69) is 12.6 Å². The number of benzene rings is 1. The molecule has 0 saturated heterocycles. The van der Waals surface area contributed by atoms with Crippen molar-refractivity contribution in [1.82, 2.24) is 0 Å². The number of aliphatic hydroxyl groups is 1. The first-order chi connectivity index (χ1) is 7.56. The van der Waals surface area contributed by atoms with Gasteiger partial charge in [0.2, 0.25) is 0 Å². The Balaban J connectivity index is 2.98. The number of hydrogen-bond acceptors (Lipinski definition) is 4. The van der Waals surface area contributed by atoms with Crippen molar-refractivity contribution in [3.05, 3.63) is 29.3 Å². The first kappa shape index (κ1) is 12.6. The highest BCUT2D eigenvalue weighted by Gasteiger charge is 2.16. The number of aryl methyl sites for hydroxylation is 1. The highest BCUT2D eigenvalue weighted by Crippen LogP contribution is 2.21. The lowest BCUT2D eigenvalue weighted by Crippen LogP contribution is -2.10. The smallest absolute Gasteiger partial charge is 0.337 e. The molecule has 2 N–H and O–H groups in total. The van der Waals surface area contributed by atoms with Gasteiger partial charge in [-0.15, -0.1) is 12.6 Å². The summed E-state index contributed by atoms with van der Waals surface area (Å²) < 4.78 is 0. The number of nitrogens with zero attached hydrogens (tertiary/aromatic N) is 1. The zero-order valence-electron chi connectivity index (χ0n) is 8.42. The van der Waals surface area contributed by atoms with Crippen molar-refractivity contribution in [2.75, 3.05) is 0 Å². The van der Waals surface area contributed by atoms with Crippen molar-refractivity contribution < 1.29 is 15.0 Å². The molecule has 5 heteroatoms. The van der Waals surface area contributed by atoms with Gasteiger partial charge in [-0.1, -0.05) is 12.1 Å². The Labute approximate surface area is 98.6 Å². The highest BCUT2D eigenvalue weighted by molar-refractivity contribution is 7.80. The van der Waals surface area contributed by atoms with Crippen LogP contribution in [-0.2, 0) is 11.2 Å². The molecule has 4 nitrogen and oxygen atoms in total. The minimum Gasteiger partial charge on any atom is -0.479 e. The Morgan fingerprint density at radius 3 is 2.81 bits per heavy atom. The summed E-state index contributed by atoms with van der Waals surface area (Å²) in [7, 11) is 0. The SMILES string of the molecule is N#CCCc1cc(C(O)C(=O)O)ccc1S. The van der Waals surface area contributed by atoms with Gasteiger partial charge in [-0.3, -0.25) is 0 Å². The van der Waals surface area contributed by atoms with Crippen LogP contribution in [0.25, 0.3) is 0 Å². The molecule has 1 unspecified atom stereocenters. The van der Waals surface area contributed by atoms with Crippen LogP contribution in [0, 0.1) is 11.3 Å². The maximum Gasteiger partial charge on any atom is 0.337 e. The molecule has 84 valence electrons. The minimum absolute atomic E-state index is 0.304. The number of carbonyl (C=O) groups is 1. The fourth-order valence-electron chi connectivity index (χ4n) is 1.31. The van der Waals surface area contributed by atoms with Crippen LogP contribution in [0.15, 0.2) is 23.1 Å². The highest BCUT2D eigenvalue weighted by atomic mass is 32.1. The summed E-state index contributed by atoms with van der Waals surface area (Å²) in [4.78, 5) is 11.3. The summed E-state index contributed by atoms with van der Waals surface area (Å²) in [6.07, 6.45) is -0.704. The molecule has 0 radical (unpaired) electrons. The Morgan fingerprint density at radius 2 is 2.25 bits per heavy atom. The molecule has 0 aliphatic carbocycles. The van der Waals surface area contributed by atoms with E-state index in [0.29, 0.717) is 23.3 Å². The molecule has 0 heterocycles. The van der Waals surface area contributed by atoms with Crippen molar-refractivity contribution in [3.63, 3.8) is 0 Å². The Bertz CT molecular complexity index is 439. The third-order valence-corrected chi connectivity index (χ3v) is 2.60. The van der Waals surface area contributed by atoms with E-state index in [4.69, 9.17) is 10.4 Å². The van der Waals surface area contributed by atoms with E-state index in [1.807, 2.05) is 6.07 Å². The molecule has 0 amide bonds.